The highest BCUT2D eigenvalue weighted by atomic mass is 127. The van der Waals surface area contributed by atoms with E-state index in [9.17, 15) is 8.42 Å². The Labute approximate surface area is 103 Å². The quantitative estimate of drug-likeness (QED) is 0.666. The van der Waals surface area contributed by atoms with Crippen LogP contribution in [0.5, 0.6) is 5.75 Å². The van der Waals surface area contributed by atoms with Crippen LogP contribution >= 0.6 is 45.2 Å². The highest BCUT2D eigenvalue weighted by Crippen LogP contribution is 2.27. The molecule has 0 fully saturated rings. The number of rotatable bonds is 1. The number of nitrogens with two attached hydrogens (primary N) is 1. The molecule has 0 saturated heterocycles. The number of sulfonamides is 1. The molecule has 0 aliphatic carbocycles. The van der Waals surface area contributed by atoms with Gasteiger partial charge < -0.3 is 5.11 Å². The zero-order chi connectivity index (χ0) is 10.2. The largest absolute Gasteiger partial charge is 0.508 e. The molecule has 0 spiro atoms. The van der Waals surface area contributed by atoms with Crippen molar-refractivity contribution in [3.63, 3.8) is 0 Å². The van der Waals surface area contributed by atoms with Gasteiger partial charge in [0.15, 0.2) is 0 Å². The van der Waals surface area contributed by atoms with Crippen LogP contribution in [-0.4, -0.2) is 13.5 Å². The van der Waals surface area contributed by atoms with Gasteiger partial charge in [-0.15, -0.1) is 0 Å². The van der Waals surface area contributed by atoms with Crippen molar-refractivity contribution in [3.05, 3.63) is 19.3 Å². The van der Waals surface area contributed by atoms with Crippen LogP contribution in [-0.2, 0) is 10.0 Å². The first kappa shape index (κ1) is 11.5. The minimum Gasteiger partial charge on any atom is -0.508 e. The van der Waals surface area contributed by atoms with Crippen molar-refractivity contribution >= 4 is 55.2 Å². The first-order valence-corrected chi connectivity index (χ1v) is 6.73. The molecule has 0 heterocycles. The van der Waals surface area contributed by atoms with Gasteiger partial charge in [0.1, 0.15) is 5.75 Å². The van der Waals surface area contributed by atoms with E-state index in [4.69, 9.17) is 10.2 Å². The topological polar surface area (TPSA) is 80.4 Å². The summed E-state index contributed by atoms with van der Waals surface area (Å²) in [6, 6.07) is 2.61. The molecule has 4 nitrogen and oxygen atoms in total. The number of primary sulfonamides is 1. The molecular weight excluding hydrogens is 420 g/mol. The minimum atomic E-state index is -3.75. The Kier molecular flexibility index (Phi) is 3.41. The summed E-state index contributed by atoms with van der Waals surface area (Å²) < 4.78 is 23.2. The van der Waals surface area contributed by atoms with E-state index >= 15 is 0 Å². The molecular formula is C6H5I2NO3S. The van der Waals surface area contributed by atoms with Crippen molar-refractivity contribution < 1.29 is 13.5 Å². The number of hydrogen-bond donors (Lipinski definition) is 2. The molecule has 0 aromatic heterocycles. The lowest BCUT2D eigenvalue weighted by atomic mass is 10.3. The Morgan fingerprint density at radius 3 is 2.31 bits per heavy atom. The fraction of sp³-hybridized carbons (Fsp3) is 0. The Balaban J connectivity index is 3.56. The van der Waals surface area contributed by atoms with E-state index in [0.29, 0.717) is 7.14 Å². The molecule has 1 aromatic rings. The summed E-state index contributed by atoms with van der Waals surface area (Å²) in [6.07, 6.45) is 0. The van der Waals surface area contributed by atoms with Gasteiger partial charge in [0.2, 0.25) is 10.0 Å². The molecule has 1 rings (SSSR count). The first-order chi connectivity index (χ1) is 5.82. The van der Waals surface area contributed by atoms with Crippen LogP contribution in [0.25, 0.3) is 0 Å². The molecule has 0 aliphatic heterocycles. The summed E-state index contributed by atoms with van der Waals surface area (Å²) in [6.45, 7) is 0. The van der Waals surface area contributed by atoms with Gasteiger partial charge in [-0.1, -0.05) is 0 Å². The molecule has 0 radical (unpaired) electrons. The highest BCUT2D eigenvalue weighted by Gasteiger charge is 2.15. The van der Waals surface area contributed by atoms with Crippen LogP contribution in [0.15, 0.2) is 17.0 Å². The molecule has 1 aromatic carbocycles. The first-order valence-electron chi connectivity index (χ1n) is 3.03. The van der Waals surface area contributed by atoms with Crippen LogP contribution in [0.4, 0.5) is 0 Å². The Hall–Kier alpha value is 0.390. The Morgan fingerprint density at radius 1 is 1.31 bits per heavy atom. The van der Waals surface area contributed by atoms with Crippen molar-refractivity contribution in [1.82, 2.24) is 0 Å². The Bertz CT molecular complexity index is 443. The number of benzene rings is 1. The number of phenols is 1. The van der Waals surface area contributed by atoms with Crippen molar-refractivity contribution in [1.29, 1.82) is 0 Å². The van der Waals surface area contributed by atoms with Crippen LogP contribution in [0.2, 0.25) is 0 Å². The maximum atomic E-state index is 11.0. The lowest BCUT2D eigenvalue weighted by Gasteiger charge is -2.04. The van der Waals surface area contributed by atoms with Crippen molar-refractivity contribution in [3.8, 4) is 5.75 Å². The summed E-state index contributed by atoms with van der Waals surface area (Å²) in [7, 11) is -3.75. The van der Waals surface area contributed by atoms with Crippen LogP contribution in [0, 0.1) is 7.14 Å². The molecule has 13 heavy (non-hydrogen) atoms. The fourth-order valence-electron chi connectivity index (χ4n) is 0.757. The third-order valence-corrected chi connectivity index (χ3v) is 5.63. The second kappa shape index (κ2) is 3.87. The number of aromatic hydroxyl groups is 1. The van der Waals surface area contributed by atoms with E-state index in [1.165, 1.54) is 6.07 Å². The summed E-state index contributed by atoms with van der Waals surface area (Å²) in [4.78, 5) is -0.0440. The highest BCUT2D eigenvalue weighted by molar-refractivity contribution is 14.1. The molecule has 0 unspecified atom stereocenters. The number of hydrogen-bond acceptors (Lipinski definition) is 3. The van der Waals surface area contributed by atoms with Crippen molar-refractivity contribution in [2.24, 2.45) is 5.14 Å². The lowest BCUT2D eigenvalue weighted by Crippen LogP contribution is -2.14. The van der Waals surface area contributed by atoms with Gasteiger partial charge >= 0.3 is 0 Å². The standard InChI is InChI=1S/C6H5I2NO3S/c7-4-1-3(10)2-5(6(4)8)13(9,11)12/h1-2,10H,(H2,9,11,12). The molecule has 0 saturated carbocycles. The van der Waals surface area contributed by atoms with Gasteiger partial charge in [-0.3, -0.25) is 0 Å². The van der Waals surface area contributed by atoms with Gasteiger partial charge in [-0.2, -0.15) is 0 Å². The van der Waals surface area contributed by atoms with E-state index in [0.717, 1.165) is 6.07 Å². The minimum absolute atomic E-state index is 0.0440. The van der Waals surface area contributed by atoms with Gasteiger partial charge in [0.05, 0.1) is 4.90 Å². The zero-order valence-corrected chi connectivity index (χ0v) is 11.3. The van der Waals surface area contributed by atoms with Gasteiger partial charge in [-0.25, -0.2) is 13.6 Å². The maximum Gasteiger partial charge on any atom is 0.239 e. The van der Waals surface area contributed by atoms with Crippen LogP contribution in [0.3, 0.4) is 0 Å². The Morgan fingerprint density at radius 2 is 1.85 bits per heavy atom. The average molecular weight is 425 g/mol. The van der Waals surface area contributed by atoms with E-state index in [1.54, 1.807) is 0 Å². The molecule has 0 aliphatic rings. The van der Waals surface area contributed by atoms with E-state index in [1.807, 2.05) is 45.2 Å². The average Bonchev–Trinajstić information content (AvgIpc) is 1.94. The van der Waals surface area contributed by atoms with Gasteiger partial charge in [-0.05, 0) is 51.2 Å². The molecule has 0 bridgehead atoms. The monoisotopic (exact) mass is 425 g/mol. The molecule has 0 amide bonds. The zero-order valence-electron chi connectivity index (χ0n) is 6.16. The normalized spacial score (nSPS) is 11.6. The van der Waals surface area contributed by atoms with Gasteiger partial charge in [0, 0.05) is 13.2 Å². The van der Waals surface area contributed by atoms with E-state index < -0.39 is 10.0 Å². The van der Waals surface area contributed by atoms with E-state index in [-0.39, 0.29) is 10.6 Å². The van der Waals surface area contributed by atoms with Crippen LogP contribution < -0.4 is 5.14 Å². The molecule has 0 atom stereocenters. The predicted octanol–water partition coefficient (Wildman–Crippen LogP) is 1.25. The number of halogens is 2. The smallest absolute Gasteiger partial charge is 0.239 e. The molecule has 7 heteroatoms. The SMILES string of the molecule is NS(=O)(=O)c1cc(O)cc(I)c1I. The lowest BCUT2D eigenvalue weighted by molar-refractivity contribution is 0.472. The maximum absolute atomic E-state index is 11.0. The summed E-state index contributed by atoms with van der Waals surface area (Å²) in [5.74, 6) is -0.103. The third kappa shape index (κ3) is 2.67. The molecule has 3 N–H and O–H groups in total. The third-order valence-electron chi connectivity index (χ3n) is 1.29. The predicted molar refractivity (Wildman–Crippen MR) is 64.9 cm³/mol. The van der Waals surface area contributed by atoms with Crippen molar-refractivity contribution in [2.45, 2.75) is 4.90 Å². The second-order valence-electron chi connectivity index (χ2n) is 2.28. The number of phenolic OH excluding ortho intramolecular Hbond substituents is 1. The van der Waals surface area contributed by atoms with Gasteiger partial charge in [0.25, 0.3) is 0 Å². The van der Waals surface area contributed by atoms with E-state index in [2.05, 4.69) is 0 Å². The summed E-state index contributed by atoms with van der Waals surface area (Å²) >= 11 is 3.80. The summed E-state index contributed by atoms with van der Waals surface area (Å²) in [5, 5.41) is 14.1. The fourth-order valence-corrected chi connectivity index (χ4v) is 3.43. The second-order valence-corrected chi connectivity index (χ2v) is 6.06. The van der Waals surface area contributed by atoms with Crippen molar-refractivity contribution in [2.75, 3.05) is 0 Å². The summed E-state index contributed by atoms with van der Waals surface area (Å²) in [5.41, 5.74) is 0. The molecule has 72 valence electrons. The van der Waals surface area contributed by atoms with Crippen LogP contribution in [0.1, 0.15) is 0 Å².